The van der Waals surface area contributed by atoms with Crippen LogP contribution < -0.4 is 0 Å². The van der Waals surface area contributed by atoms with E-state index in [2.05, 4.69) is 21.9 Å². The van der Waals surface area contributed by atoms with E-state index in [0.29, 0.717) is 17.7 Å². The van der Waals surface area contributed by atoms with Crippen molar-refractivity contribution in [3.05, 3.63) is 35.9 Å². The maximum absolute atomic E-state index is 12.6. The number of aryl methyl sites for hydroxylation is 1. The predicted molar refractivity (Wildman–Crippen MR) is 98.4 cm³/mol. The standard InChI is InChI=1S/C21H30N2O2/c24-20(7-6-18-4-2-1-3-5-18)23-12-10-21(11-13-23)9-8-19(21)22-14-16-25-17-15-22/h1-5,19H,6-17H2. The van der Waals surface area contributed by atoms with Gasteiger partial charge in [0, 0.05) is 38.6 Å². The van der Waals surface area contributed by atoms with E-state index in [4.69, 9.17) is 4.74 Å². The summed E-state index contributed by atoms with van der Waals surface area (Å²) in [6.45, 7) is 5.86. The van der Waals surface area contributed by atoms with Crippen LogP contribution in [0.5, 0.6) is 0 Å². The first kappa shape index (κ1) is 17.0. The number of carbonyl (C=O) groups excluding carboxylic acids is 1. The molecule has 0 aromatic heterocycles. The molecular formula is C21H30N2O2. The van der Waals surface area contributed by atoms with Crippen LogP contribution in [0, 0.1) is 5.41 Å². The van der Waals surface area contributed by atoms with E-state index in [-0.39, 0.29) is 0 Å². The molecule has 1 aromatic rings. The molecule has 0 radical (unpaired) electrons. The average Bonchev–Trinajstić information content (AvgIpc) is 2.67. The van der Waals surface area contributed by atoms with Crippen LogP contribution in [0.25, 0.3) is 0 Å². The van der Waals surface area contributed by atoms with Gasteiger partial charge in [-0.25, -0.2) is 0 Å². The van der Waals surface area contributed by atoms with Crippen LogP contribution in [0.1, 0.15) is 37.7 Å². The van der Waals surface area contributed by atoms with Gasteiger partial charge < -0.3 is 9.64 Å². The number of hydrogen-bond donors (Lipinski definition) is 0. The quantitative estimate of drug-likeness (QED) is 0.843. The molecule has 3 fully saturated rings. The number of amides is 1. The number of hydrogen-bond acceptors (Lipinski definition) is 3. The highest BCUT2D eigenvalue weighted by molar-refractivity contribution is 5.76. The molecule has 4 nitrogen and oxygen atoms in total. The highest BCUT2D eigenvalue weighted by Crippen LogP contribution is 2.51. The molecule has 1 saturated carbocycles. The highest BCUT2D eigenvalue weighted by atomic mass is 16.5. The van der Waals surface area contributed by atoms with Gasteiger partial charge in [0.25, 0.3) is 0 Å². The molecule has 2 heterocycles. The van der Waals surface area contributed by atoms with Gasteiger partial charge in [-0.05, 0) is 43.1 Å². The lowest BCUT2D eigenvalue weighted by Crippen LogP contribution is -2.61. The summed E-state index contributed by atoms with van der Waals surface area (Å²) in [5.74, 6) is 0.334. The Balaban J connectivity index is 1.27. The number of benzene rings is 1. The summed E-state index contributed by atoms with van der Waals surface area (Å²) in [6, 6.07) is 11.1. The van der Waals surface area contributed by atoms with Gasteiger partial charge in [0.05, 0.1) is 13.2 Å². The van der Waals surface area contributed by atoms with Gasteiger partial charge in [0.1, 0.15) is 0 Å². The number of carbonyl (C=O) groups is 1. The molecule has 1 unspecified atom stereocenters. The minimum absolute atomic E-state index is 0.334. The van der Waals surface area contributed by atoms with Crippen molar-refractivity contribution in [3.8, 4) is 0 Å². The molecule has 25 heavy (non-hydrogen) atoms. The van der Waals surface area contributed by atoms with Crippen molar-refractivity contribution in [2.24, 2.45) is 5.41 Å². The summed E-state index contributed by atoms with van der Waals surface area (Å²) in [7, 11) is 0. The van der Waals surface area contributed by atoms with E-state index in [9.17, 15) is 4.79 Å². The fourth-order valence-electron chi connectivity index (χ4n) is 4.98. The van der Waals surface area contributed by atoms with Crippen LogP contribution >= 0.6 is 0 Å². The van der Waals surface area contributed by atoms with E-state index in [1.165, 1.54) is 31.2 Å². The fourth-order valence-corrected chi connectivity index (χ4v) is 4.98. The Bertz CT molecular complexity index is 575. The average molecular weight is 342 g/mol. The summed E-state index contributed by atoms with van der Waals surface area (Å²) >= 11 is 0. The Morgan fingerprint density at radius 3 is 2.40 bits per heavy atom. The Labute approximate surface area is 151 Å². The highest BCUT2D eigenvalue weighted by Gasteiger charge is 2.50. The van der Waals surface area contributed by atoms with E-state index >= 15 is 0 Å². The third-order valence-electron chi connectivity index (χ3n) is 6.69. The second-order valence-electron chi connectivity index (χ2n) is 7.93. The Kier molecular flexibility index (Phi) is 5.09. The van der Waals surface area contributed by atoms with Crippen LogP contribution in [-0.2, 0) is 16.0 Å². The van der Waals surface area contributed by atoms with Gasteiger partial charge in [-0.3, -0.25) is 9.69 Å². The molecule has 0 N–H and O–H groups in total. The van der Waals surface area contributed by atoms with Crippen molar-refractivity contribution in [1.29, 1.82) is 0 Å². The molecule has 1 atom stereocenters. The van der Waals surface area contributed by atoms with E-state index in [0.717, 1.165) is 51.9 Å². The lowest BCUT2D eigenvalue weighted by atomic mass is 9.58. The Morgan fingerprint density at radius 1 is 1.04 bits per heavy atom. The van der Waals surface area contributed by atoms with Gasteiger partial charge in [0.15, 0.2) is 0 Å². The first-order valence-corrected chi connectivity index (χ1v) is 9.90. The van der Waals surface area contributed by atoms with Crippen LogP contribution in [0.2, 0.25) is 0 Å². The molecule has 4 heteroatoms. The summed E-state index contributed by atoms with van der Waals surface area (Å²) in [5.41, 5.74) is 1.74. The minimum Gasteiger partial charge on any atom is -0.379 e. The van der Waals surface area contributed by atoms with Crippen molar-refractivity contribution >= 4 is 5.91 Å². The van der Waals surface area contributed by atoms with Crippen molar-refractivity contribution in [2.45, 2.75) is 44.6 Å². The summed E-state index contributed by atoms with van der Waals surface area (Å²) in [6.07, 6.45) is 6.56. The smallest absolute Gasteiger partial charge is 0.222 e. The molecule has 1 aromatic carbocycles. The van der Waals surface area contributed by atoms with Gasteiger partial charge >= 0.3 is 0 Å². The molecular weight excluding hydrogens is 312 g/mol. The summed E-state index contributed by atoms with van der Waals surface area (Å²) < 4.78 is 5.51. The maximum Gasteiger partial charge on any atom is 0.222 e. The van der Waals surface area contributed by atoms with Crippen molar-refractivity contribution in [2.75, 3.05) is 39.4 Å². The van der Waals surface area contributed by atoms with E-state index in [1.807, 2.05) is 18.2 Å². The number of likely N-dealkylation sites (tertiary alicyclic amines) is 1. The lowest BCUT2D eigenvalue weighted by Gasteiger charge is -2.58. The zero-order valence-corrected chi connectivity index (χ0v) is 15.2. The molecule has 1 spiro atoms. The monoisotopic (exact) mass is 342 g/mol. The van der Waals surface area contributed by atoms with Crippen LogP contribution in [-0.4, -0.2) is 61.1 Å². The number of nitrogens with zero attached hydrogens (tertiary/aromatic N) is 2. The van der Waals surface area contributed by atoms with E-state index in [1.54, 1.807) is 0 Å². The molecule has 0 bridgehead atoms. The normalized spacial score (nSPS) is 26.4. The fraction of sp³-hybridized carbons (Fsp3) is 0.667. The molecule has 2 saturated heterocycles. The van der Waals surface area contributed by atoms with Gasteiger partial charge in [-0.15, -0.1) is 0 Å². The van der Waals surface area contributed by atoms with Gasteiger partial charge in [-0.2, -0.15) is 0 Å². The largest absolute Gasteiger partial charge is 0.379 e. The van der Waals surface area contributed by atoms with Crippen molar-refractivity contribution < 1.29 is 9.53 Å². The molecule has 1 amide bonds. The molecule has 136 valence electrons. The van der Waals surface area contributed by atoms with Crippen LogP contribution in [0.4, 0.5) is 0 Å². The van der Waals surface area contributed by atoms with Crippen molar-refractivity contribution in [3.63, 3.8) is 0 Å². The molecule has 2 aliphatic heterocycles. The van der Waals surface area contributed by atoms with Crippen LogP contribution in [0.15, 0.2) is 30.3 Å². The van der Waals surface area contributed by atoms with Crippen LogP contribution in [0.3, 0.4) is 0 Å². The van der Waals surface area contributed by atoms with E-state index < -0.39 is 0 Å². The third kappa shape index (κ3) is 3.61. The number of piperidine rings is 1. The third-order valence-corrected chi connectivity index (χ3v) is 6.69. The SMILES string of the molecule is O=C(CCc1ccccc1)N1CCC2(CCC2N2CCOCC2)CC1. The maximum atomic E-state index is 12.6. The first-order chi connectivity index (χ1) is 12.3. The number of morpholine rings is 1. The van der Waals surface area contributed by atoms with Gasteiger partial charge in [-0.1, -0.05) is 30.3 Å². The minimum atomic E-state index is 0.334. The second-order valence-corrected chi connectivity index (χ2v) is 7.93. The Hall–Kier alpha value is -1.39. The summed E-state index contributed by atoms with van der Waals surface area (Å²) in [5, 5.41) is 0. The van der Waals surface area contributed by atoms with Crippen molar-refractivity contribution in [1.82, 2.24) is 9.80 Å². The Morgan fingerprint density at radius 2 is 1.76 bits per heavy atom. The molecule has 4 rings (SSSR count). The number of ether oxygens (including phenoxy) is 1. The number of rotatable bonds is 4. The zero-order valence-electron chi connectivity index (χ0n) is 15.2. The molecule has 3 aliphatic rings. The second kappa shape index (κ2) is 7.46. The summed E-state index contributed by atoms with van der Waals surface area (Å²) in [4.78, 5) is 17.3. The topological polar surface area (TPSA) is 32.8 Å². The predicted octanol–water partition coefficient (Wildman–Crippen LogP) is 2.72. The van der Waals surface area contributed by atoms with Gasteiger partial charge in [0.2, 0.25) is 5.91 Å². The zero-order chi connectivity index (χ0) is 17.1. The first-order valence-electron chi connectivity index (χ1n) is 9.90. The molecule has 1 aliphatic carbocycles. The lowest BCUT2D eigenvalue weighted by molar-refractivity contribution is -0.139.